The summed E-state index contributed by atoms with van der Waals surface area (Å²) < 4.78 is 1.91. The maximum absolute atomic E-state index is 6.47. The second-order valence-electron chi connectivity index (χ2n) is 6.41. The van der Waals surface area contributed by atoms with Gasteiger partial charge in [-0.3, -0.25) is 0 Å². The monoisotopic (exact) mass is 371 g/mol. The molecule has 5 heteroatoms. The van der Waals surface area contributed by atoms with E-state index in [1.165, 1.54) is 11.1 Å². The van der Waals surface area contributed by atoms with Crippen molar-refractivity contribution in [1.82, 2.24) is 9.78 Å². The standard InChI is InChI=1S/C20H19Cl2N3/c1-13-6-4-7-14(12-13)19-15-8-2-3-11-23-20(15)25(24-19)17-10-5-9-16(21)18(17)22/h4-7,9-10,12,23H,2-3,8,11H2,1H3. The molecule has 0 radical (unpaired) electrons. The van der Waals surface area contributed by atoms with E-state index in [4.69, 9.17) is 28.3 Å². The molecule has 1 aromatic heterocycles. The number of hydrogen-bond donors (Lipinski definition) is 1. The van der Waals surface area contributed by atoms with E-state index in [1.807, 2.05) is 16.8 Å². The molecule has 0 amide bonds. The smallest absolute Gasteiger partial charge is 0.133 e. The number of aryl methyl sites for hydroxylation is 1. The molecule has 1 aliphatic heterocycles. The van der Waals surface area contributed by atoms with Crippen LogP contribution in [0.1, 0.15) is 24.0 Å². The number of nitrogens with zero attached hydrogens (tertiary/aromatic N) is 2. The fourth-order valence-electron chi connectivity index (χ4n) is 3.36. The van der Waals surface area contributed by atoms with Gasteiger partial charge >= 0.3 is 0 Å². The minimum Gasteiger partial charge on any atom is -0.370 e. The summed E-state index contributed by atoms with van der Waals surface area (Å²) in [6, 6.07) is 14.1. The van der Waals surface area contributed by atoms with Crippen molar-refractivity contribution in [3.05, 3.63) is 63.6 Å². The van der Waals surface area contributed by atoms with Gasteiger partial charge in [0.15, 0.2) is 0 Å². The molecule has 0 bridgehead atoms. The number of halogens is 2. The van der Waals surface area contributed by atoms with Gasteiger partial charge in [-0.2, -0.15) is 5.10 Å². The van der Waals surface area contributed by atoms with Crippen molar-refractivity contribution in [1.29, 1.82) is 0 Å². The minimum atomic E-state index is 0.524. The maximum Gasteiger partial charge on any atom is 0.133 e. The molecule has 0 atom stereocenters. The molecule has 2 aromatic carbocycles. The molecule has 0 fully saturated rings. The third-order valence-electron chi connectivity index (χ3n) is 4.58. The Labute approximate surface area is 157 Å². The summed E-state index contributed by atoms with van der Waals surface area (Å²) in [6.07, 6.45) is 3.29. The molecular formula is C20H19Cl2N3. The first-order chi connectivity index (χ1) is 12.1. The quantitative estimate of drug-likeness (QED) is 0.607. The highest BCUT2D eigenvalue weighted by molar-refractivity contribution is 6.43. The predicted octanol–water partition coefficient (Wildman–Crippen LogP) is 5.90. The number of fused-ring (bicyclic) bond motifs is 1. The third kappa shape index (κ3) is 3.03. The Morgan fingerprint density at radius 3 is 2.76 bits per heavy atom. The number of aromatic nitrogens is 2. The summed E-state index contributed by atoms with van der Waals surface area (Å²) in [5.41, 5.74) is 5.43. The van der Waals surface area contributed by atoms with Crippen molar-refractivity contribution in [3.63, 3.8) is 0 Å². The first-order valence-electron chi connectivity index (χ1n) is 8.52. The first-order valence-corrected chi connectivity index (χ1v) is 9.28. The largest absolute Gasteiger partial charge is 0.370 e. The Hall–Kier alpha value is -1.97. The zero-order valence-electron chi connectivity index (χ0n) is 14.0. The Balaban J connectivity index is 1.95. The third-order valence-corrected chi connectivity index (χ3v) is 5.39. The minimum absolute atomic E-state index is 0.524. The lowest BCUT2D eigenvalue weighted by molar-refractivity contribution is 0.780. The molecule has 1 N–H and O–H groups in total. The zero-order chi connectivity index (χ0) is 17.4. The van der Waals surface area contributed by atoms with Crippen molar-refractivity contribution < 1.29 is 0 Å². The van der Waals surface area contributed by atoms with E-state index in [-0.39, 0.29) is 0 Å². The molecule has 0 saturated carbocycles. The fourth-order valence-corrected chi connectivity index (χ4v) is 3.73. The lowest BCUT2D eigenvalue weighted by Crippen LogP contribution is -2.07. The highest BCUT2D eigenvalue weighted by Crippen LogP contribution is 2.37. The molecular weight excluding hydrogens is 353 g/mol. The van der Waals surface area contributed by atoms with Crippen LogP contribution >= 0.6 is 23.2 Å². The molecule has 0 unspecified atom stereocenters. The Bertz CT molecular complexity index is 931. The van der Waals surface area contributed by atoms with Crippen LogP contribution in [0.3, 0.4) is 0 Å². The molecule has 0 aliphatic carbocycles. The van der Waals surface area contributed by atoms with E-state index < -0.39 is 0 Å². The average molecular weight is 372 g/mol. The molecule has 0 spiro atoms. The second kappa shape index (κ2) is 6.74. The maximum atomic E-state index is 6.47. The van der Waals surface area contributed by atoms with E-state index >= 15 is 0 Å². The summed E-state index contributed by atoms with van der Waals surface area (Å²) in [5, 5.41) is 9.53. The van der Waals surface area contributed by atoms with Crippen LogP contribution in [0.4, 0.5) is 5.82 Å². The van der Waals surface area contributed by atoms with Crippen molar-refractivity contribution in [2.75, 3.05) is 11.9 Å². The van der Waals surface area contributed by atoms with Gasteiger partial charge in [0.25, 0.3) is 0 Å². The lowest BCUT2D eigenvalue weighted by atomic mass is 10.0. The summed E-state index contributed by atoms with van der Waals surface area (Å²) in [6.45, 7) is 3.04. The van der Waals surface area contributed by atoms with Crippen LogP contribution in [0.2, 0.25) is 10.0 Å². The van der Waals surface area contributed by atoms with Crippen LogP contribution < -0.4 is 5.32 Å². The van der Waals surface area contributed by atoms with Gasteiger partial charge in [-0.25, -0.2) is 4.68 Å². The Kier molecular flexibility index (Phi) is 4.45. The van der Waals surface area contributed by atoms with Gasteiger partial charge in [0.05, 0.1) is 21.4 Å². The van der Waals surface area contributed by atoms with E-state index in [0.29, 0.717) is 10.0 Å². The van der Waals surface area contributed by atoms with Gasteiger partial charge in [0.1, 0.15) is 5.82 Å². The van der Waals surface area contributed by atoms with E-state index in [2.05, 4.69) is 36.5 Å². The van der Waals surface area contributed by atoms with Gasteiger partial charge in [-0.05, 0) is 44.4 Å². The fraction of sp³-hybridized carbons (Fsp3) is 0.250. The van der Waals surface area contributed by atoms with Crippen LogP contribution in [0.5, 0.6) is 0 Å². The van der Waals surface area contributed by atoms with Crippen LogP contribution in [-0.2, 0) is 6.42 Å². The van der Waals surface area contributed by atoms with Crippen molar-refractivity contribution in [2.45, 2.75) is 26.2 Å². The molecule has 4 rings (SSSR count). The van der Waals surface area contributed by atoms with Gasteiger partial charge in [-0.15, -0.1) is 0 Å². The van der Waals surface area contributed by atoms with Crippen LogP contribution in [0, 0.1) is 6.92 Å². The number of nitrogens with one attached hydrogen (secondary N) is 1. The van der Waals surface area contributed by atoms with E-state index in [0.717, 1.165) is 48.6 Å². The number of rotatable bonds is 2. The molecule has 3 nitrogen and oxygen atoms in total. The van der Waals surface area contributed by atoms with Gasteiger partial charge in [0.2, 0.25) is 0 Å². The Morgan fingerprint density at radius 2 is 1.92 bits per heavy atom. The van der Waals surface area contributed by atoms with Crippen LogP contribution in [-0.4, -0.2) is 16.3 Å². The van der Waals surface area contributed by atoms with Gasteiger partial charge in [-0.1, -0.05) is 53.0 Å². The first kappa shape index (κ1) is 16.5. The lowest BCUT2D eigenvalue weighted by Gasteiger charge is -2.11. The average Bonchev–Trinajstić information content (AvgIpc) is 2.79. The number of benzene rings is 2. The predicted molar refractivity (Wildman–Crippen MR) is 105 cm³/mol. The summed E-state index contributed by atoms with van der Waals surface area (Å²) in [7, 11) is 0. The molecule has 2 heterocycles. The molecule has 0 saturated heterocycles. The highest BCUT2D eigenvalue weighted by Gasteiger charge is 2.23. The number of hydrogen-bond acceptors (Lipinski definition) is 2. The van der Waals surface area contributed by atoms with Crippen molar-refractivity contribution in [3.8, 4) is 16.9 Å². The van der Waals surface area contributed by atoms with E-state index in [9.17, 15) is 0 Å². The van der Waals surface area contributed by atoms with Crippen molar-refractivity contribution >= 4 is 29.0 Å². The topological polar surface area (TPSA) is 29.9 Å². The zero-order valence-corrected chi connectivity index (χ0v) is 15.5. The van der Waals surface area contributed by atoms with Gasteiger partial charge < -0.3 is 5.32 Å². The summed E-state index contributed by atoms with van der Waals surface area (Å²) in [4.78, 5) is 0. The highest BCUT2D eigenvalue weighted by atomic mass is 35.5. The number of anilines is 1. The van der Waals surface area contributed by atoms with Crippen LogP contribution in [0.15, 0.2) is 42.5 Å². The normalized spacial score (nSPS) is 13.9. The molecule has 25 heavy (non-hydrogen) atoms. The summed E-state index contributed by atoms with van der Waals surface area (Å²) in [5.74, 6) is 1.03. The SMILES string of the molecule is Cc1cccc(-c2nn(-c3cccc(Cl)c3Cl)c3c2CCCCN3)c1. The summed E-state index contributed by atoms with van der Waals surface area (Å²) >= 11 is 12.7. The molecule has 1 aliphatic rings. The molecule has 3 aromatic rings. The van der Waals surface area contributed by atoms with Gasteiger partial charge in [0, 0.05) is 17.7 Å². The Morgan fingerprint density at radius 1 is 1.08 bits per heavy atom. The van der Waals surface area contributed by atoms with Crippen LogP contribution in [0.25, 0.3) is 16.9 Å². The van der Waals surface area contributed by atoms with E-state index in [1.54, 1.807) is 6.07 Å². The second-order valence-corrected chi connectivity index (χ2v) is 7.20. The molecule has 128 valence electrons. The van der Waals surface area contributed by atoms with Crippen molar-refractivity contribution in [2.24, 2.45) is 0 Å².